The molecule has 0 aliphatic rings. The molecule has 2 aromatic rings. The zero-order valence-electron chi connectivity index (χ0n) is 13.1. The molecule has 0 aliphatic carbocycles. The highest BCUT2D eigenvalue weighted by atomic mass is 16.4. The van der Waals surface area contributed by atoms with Crippen LogP contribution < -0.4 is 5.32 Å². The number of nitrogens with one attached hydrogen (secondary N) is 1. The number of hydrogen-bond acceptors (Lipinski definition) is 3. The molecule has 0 saturated heterocycles. The zero-order chi connectivity index (χ0) is 15.3. The van der Waals surface area contributed by atoms with Crippen LogP contribution in [-0.4, -0.2) is 17.7 Å². The normalized spacial score (nSPS) is 15.6. The van der Waals surface area contributed by atoms with E-state index in [1.165, 1.54) is 5.56 Å². The van der Waals surface area contributed by atoms with E-state index in [9.17, 15) is 5.11 Å². The SMILES string of the molecule is Cc1ccc(C(C)(O)CNC(C)CCc2ccccc2)o1. The largest absolute Gasteiger partial charge is 0.463 e. The Balaban J connectivity index is 1.79. The van der Waals surface area contributed by atoms with Gasteiger partial charge in [0.1, 0.15) is 17.1 Å². The second kappa shape index (κ2) is 6.92. The highest BCUT2D eigenvalue weighted by Crippen LogP contribution is 2.22. The number of furan rings is 1. The van der Waals surface area contributed by atoms with E-state index in [0.29, 0.717) is 18.3 Å². The lowest BCUT2D eigenvalue weighted by Gasteiger charge is -2.24. The van der Waals surface area contributed by atoms with Gasteiger partial charge in [0.25, 0.3) is 0 Å². The van der Waals surface area contributed by atoms with E-state index >= 15 is 0 Å². The first-order chi connectivity index (χ1) is 9.97. The van der Waals surface area contributed by atoms with Crippen LogP contribution in [0.5, 0.6) is 0 Å². The van der Waals surface area contributed by atoms with E-state index in [0.717, 1.165) is 18.6 Å². The molecule has 2 unspecified atom stereocenters. The van der Waals surface area contributed by atoms with Gasteiger partial charge in [0.2, 0.25) is 0 Å². The van der Waals surface area contributed by atoms with Gasteiger partial charge in [0, 0.05) is 12.6 Å². The summed E-state index contributed by atoms with van der Waals surface area (Å²) < 4.78 is 5.52. The Morgan fingerprint density at radius 1 is 1.19 bits per heavy atom. The Labute approximate surface area is 127 Å². The number of aliphatic hydroxyl groups is 1. The molecule has 21 heavy (non-hydrogen) atoms. The summed E-state index contributed by atoms with van der Waals surface area (Å²) in [4.78, 5) is 0. The summed E-state index contributed by atoms with van der Waals surface area (Å²) in [6.07, 6.45) is 2.08. The highest BCUT2D eigenvalue weighted by Gasteiger charge is 2.26. The summed E-state index contributed by atoms with van der Waals surface area (Å²) in [6, 6.07) is 14.5. The molecule has 2 rings (SSSR count). The smallest absolute Gasteiger partial charge is 0.136 e. The third kappa shape index (κ3) is 4.73. The fourth-order valence-electron chi connectivity index (χ4n) is 2.31. The van der Waals surface area contributed by atoms with Crippen molar-refractivity contribution in [1.29, 1.82) is 0 Å². The molecule has 3 heteroatoms. The summed E-state index contributed by atoms with van der Waals surface area (Å²) in [6.45, 7) is 6.29. The summed E-state index contributed by atoms with van der Waals surface area (Å²) in [5, 5.41) is 13.9. The fourth-order valence-corrected chi connectivity index (χ4v) is 2.31. The van der Waals surface area contributed by atoms with Crippen LogP contribution >= 0.6 is 0 Å². The molecule has 1 heterocycles. The Morgan fingerprint density at radius 3 is 2.52 bits per heavy atom. The molecule has 1 aromatic carbocycles. The monoisotopic (exact) mass is 287 g/mol. The quantitative estimate of drug-likeness (QED) is 0.820. The first-order valence-electron chi connectivity index (χ1n) is 7.54. The average molecular weight is 287 g/mol. The molecule has 0 aliphatic heterocycles. The number of aryl methyl sites for hydroxylation is 2. The molecule has 0 spiro atoms. The van der Waals surface area contributed by atoms with E-state index in [4.69, 9.17) is 4.42 Å². The van der Waals surface area contributed by atoms with Crippen LogP contribution in [0.1, 0.15) is 37.4 Å². The van der Waals surface area contributed by atoms with E-state index < -0.39 is 5.60 Å². The van der Waals surface area contributed by atoms with Gasteiger partial charge in [-0.05, 0) is 51.3 Å². The van der Waals surface area contributed by atoms with Crippen LogP contribution in [0.4, 0.5) is 0 Å². The molecule has 2 N–H and O–H groups in total. The van der Waals surface area contributed by atoms with E-state index in [2.05, 4.69) is 36.5 Å². The van der Waals surface area contributed by atoms with E-state index in [1.54, 1.807) is 6.92 Å². The van der Waals surface area contributed by atoms with Crippen molar-refractivity contribution in [3.8, 4) is 0 Å². The first kappa shape index (κ1) is 15.8. The summed E-state index contributed by atoms with van der Waals surface area (Å²) in [5.74, 6) is 1.44. The van der Waals surface area contributed by atoms with Gasteiger partial charge >= 0.3 is 0 Å². The minimum absolute atomic E-state index is 0.341. The second-order valence-electron chi connectivity index (χ2n) is 5.99. The minimum atomic E-state index is -0.977. The Morgan fingerprint density at radius 2 is 1.90 bits per heavy atom. The maximum atomic E-state index is 10.5. The molecule has 0 radical (unpaired) electrons. The van der Waals surface area contributed by atoms with E-state index in [1.807, 2.05) is 25.1 Å². The van der Waals surface area contributed by atoms with Crippen LogP contribution in [0.25, 0.3) is 0 Å². The number of benzene rings is 1. The molecule has 0 fully saturated rings. The topological polar surface area (TPSA) is 45.4 Å². The van der Waals surface area contributed by atoms with Gasteiger partial charge in [-0.25, -0.2) is 0 Å². The van der Waals surface area contributed by atoms with Crippen molar-refractivity contribution < 1.29 is 9.52 Å². The molecular formula is C18H25NO2. The van der Waals surface area contributed by atoms with E-state index in [-0.39, 0.29) is 0 Å². The van der Waals surface area contributed by atoms with Crippen molar-refractivity contribution in [3.63, 3.8) is 0 Å². The van der Waals surface area contributed by atoms with Gasteiger partial charge in [-0.3, -0.25) is 0 Å². The van der Waals surface area contributed by atoms with Crippen molar-refractivity contribution in [3.05, 3.63) is 59.5 Å². The number of hydrogen-bond donors (Lipinski definition) is 2. The predicted octanol–water partition coefficient (Wildman–Crippen LogP) is 3.41. The molecule has 0 amide bonds. The second-order valence-corrected chi connectivity index (χ2v) is 5.99. The lowest BCUT2D eigenvalue weighted by molar-refractivity contribution is 0.0311. The summed E-state index contributed by atoms with van der Waals surface area (Å²) >= 11 is 0. The molecule has 0 saturated carbocycles. The maximum absolute atomic E-state index is 10.5. The maximum Gasteiger partial charge on any atom is 0.136 e. The Hall–Kier alpha value is -1.58. The lowest BCUT2D eigenvalue weighted by atomic mass is 10.0. The van der Waals surface area contributed by atoms with Crippen LogP contribution in [0.3, 0.4) is 0 Å². The predicted molar refractivity (Wildman–Crippen MR) is 85.2 cm³/mol. The van der Waals surface area contributed by atoms with Crippen LogP contribution in [0.15, 0.2) is 46.9 Å². The van der Waals surface area contributed by atoms with Gasteiger partial charge in [0.15, 0.2) is 0 Å². The van der Waals surface area contributed by atoms with Gasteiger partial charge in [-0.15, -0.1) is 0 Å². The van der Waals surface area contributed by atoms with Gasteiger partial charge in [-0.2, -0.15) is 0 Å². The molecule has 0 bridgehead atoms. The summed E-state index contributed by atoms with van der Waals surface area (Å²) in [7, 11) is 0. The third-order valence-corrected chi connectivity index (χ3v) is 3.77. The minimum Gasteiger partial charge on any atom is -0.463 e. The van der Waals surface area contributed by atoms with Crippen molar-refractivity contribution >= 4 is 0 Å². The molecule has 1 aromatic heterocycles. The van der Waals surface area contributed by atoms with Crippen molar-refractivity contribution in [2.45, 2.75) is 45.3 Å². The standard InChI is InChI=1S/C18H25NO2/c1-14(9-11-16-7-5-4-6-8-16)19-13-18(3,20)17-12-10-15(2)21-17/h4-8,10,12,14,19-20H,9,11,13H2,1-3H3. The molecule has 3 nitrogen and oxygen atoms in total. The van der Waals surface area contributed by atoms with Gasteiger partial charge in [0.05, 0.1) is 0 Å². The molecule has 114 valence electrons. The fraction of sp³-hybridized carbons (Fsp3) is 0.444. The first-order valence-corrected chi connectivity index (χ1v) is 7.54. The van der Waals surface area contributed by atoms with Crippen molar-refractivity contribution in [1.82, 2.24) is 5.32 Å². The summed E-state index contributed by atoms with van der Waals surface area (Å²) in [5.41, 5.74) is 0.370. The lowest BCUT2D eigenvalue weighted by Crippen LogP contribution is -2.39. The van der Waals surface area contributed by atoms with Gasteiger partial charge < -0.3 is 14.8 Å². The number of rotatable bonds is 7. The molecule has 2 atom stereocenters. The Bertz CT molecular complexity index is 545. The van der Waals surface area contributed by atoms with Crippen LogP contribution in [-0.2, 0) is 12.0 Å². The highest BCUT2D eigenvalue weighted by molar-refractivity contribution is 5.15. The molecular weight excluding hydrogens is 262 g/mol. The Kier molecular flexibility index (Phi) is 5.21. The average Bonchev–Trinajstić information content (AvgIpc) is 2.92. The van der Waals surface area contributed by atoms with Crippen molar-refractivity contribution in [2.75, 3.05) is 6.54 Å². The zero-order valence-corrected chi connectivity index (χ0v) is 13.1. The van der Waals surface area contributed by atoms with Crippen LogP contribution in [0.2, 0.25) is 0 Å². The van der Waals surface area contributed by atoms with Crippen molar-refractivity contribution in [2.24, 2.45) is 0 Å². The van der Waals surface area contributed by atoms with Gasteiger partial charge in [-0.1, -0.05) is 30.3 Å². The third-order valence-electron chi connectivity index (χ3n) is 3.77. The van der Waals surface area contributed by atoms with Crippen LogP contribution in [0, 0.1) is 6.92 Å².